The largest absolute Gasteiger partial charge is 0.454 e. The van der Waals surface area contributed by atoms with Gasteiger partial charge >= 0.3 is 11.9 Å². The van der Waals surface area contributed by atoms with Crippen LogP contribution in [0.2, 0.25) is 0 Å². The third-order valence-corrected chi connectivity index (χ3v) is 1.52. The van der Waals surface area contributed by atoms with E-state index in [0.717, 1.165) is 0 Å². The van der Waals surface area contributed by atoms with Gasteiger partial charge in [0.25, 0.3) is 0 Å². The fourth-order valence-electron chi connectivity index (χ4n) is 0.802. The standard InChI is InChI=1S/C9H9NO5/c1-6(2)9(11)14-5-7-3-4-8(15-7)10(12)13/h3-4H,1,5H2,2H3. The molecule has 0 atom stereocenters. The first-order valence-corrected chi connectivity index (χ1v) is 4.06. The first-order chi connectivity index (χ1) is 7.00. The van der Waals surface area contributed by atoms with Gasteiger partial charge in [-0.3, -0.25) is 10.1 Å². The van der Waals surface area contributed by atoms with Crippen molar-refractivity contribution in [1.82, 2.24) is 0 Å². The molecule has 0 aliphatic rings. The normalized spacial score (nSPS) is 9.67. The van der Waals surface area contributed by atoms with Crippen molar-refractivity contribution in [2.75, 3.05) is 0 Å². The number of ether oxygens (including phenoxy) is 1. The van der Waals surface area contributed by atoms with Crippen molar-refractivity contribution < 1.29 is 18.9 Å². The maximum atomic E-state index is 11.0. The second kappa shape index (κ2) is 4.41. The van der Waals surface area contributed by atoms with Crippen LogP contribution in [-0.4, -0.2) is 10.9 Å². The van der Waals surface area contributed by atoms with Crippen LogP contribution in [0.5, 0.6) is 0 Å². The molecule has 0 unspecified atom stereocenters. The van der Waals surface area contributed by atoms with E-state index < -0.39 is 10.9 Å². The van der Waals surface area contributed by atoms with Crippen molar-refractivity contribution in [1.29, 1.82) is 0 Å². The Morgan fingerprint density at radius 1 is 1.67 bits per heavy atom. The number of rotatable bonds is 4. The Bertz CT molecular complexity index is 406. The number of nitrogens with zero attached hydrogens (tertiary/aromatic N) is 1. The highest BCUT2D eigenvalue weighted by Gasteiger charge is 2.13. The summed E-state index contributed by atoms with van der Waals surface area (Å²) < 4.78 is 9.50. The summed E-state index contributed by atoms with van der Waals surface area (Å²) in [5, 5.41) is 10.3. The highest BCUT2D eigenvalue weighted by atomic mass is 16.6. The lowest BCUT2D eigenvalue weighted by Gasteiger charge is -2.00. The van der Waals surface area contributed by atoms with Crippen LogP contribution < -0.4 is 0 Å². The van der Waals surface area contributed by atoms with Crippen LogP contribution in [0.4, 0.5) is 5.88 Å². The van der Waals surface area contributed by atoms with Crippen molar-refractivity contribution in [3.8, 4) is 0 Å². The zero-order valence-electron chi connectivity index (χ0n) is 8.06. The van der Waals surface area contributed by atoms with Gasteiger partial charge < -0.3 is 9.15 Å². The Labute approximate surface area is 85.3 Å². The first-order valence-electron chi connectivity index (χ1n) is 4.06. The SMILES string of the molecule is C=C(C)C(=O)OCc1ccc([N+](=O)[O-])o1. The second-order valence-corrected chi connectivity index (χ2v) is 2.85. The molecule has 0 saturated heterocycles. The molecular weight excluding hydrogens is 202 g/mol. The lowest BCUT2D eigenvalue weighted by molar-refractivity contribution is -0.402. The molecule has 0 amide bonds. The Morgan fingerprint density at radius 3 is 2.80 bits per heavy atom. The zero-order chi connectivity index (χ0) is 11.4. The minimum Gasteiger partial charge on any atom is -0.454 e. The molecule has 0 N–H and O–H groups in total. The van der Waals surface area contributed by atoms with Gasteiger partial charge in [-0.25, -0.2) is 4.79 Å². The van der Waals surface area contributed by atoms with E-state index in [2.05, 4.69) is 6.58 Å². The Kier molecular flexibility index (Phi) is 3.22. The van der Waals surface area contributed by atoms with E-state index in [0.29, 0.717) is 0 Å². The number of carbonyl (C=O) groups excluding carboxylic acids is 1. The van der Waals surface area contributed by atoms with Crippen molar-refractivity contribution in [2.24, 2.45) is 0 Å². The maximum Gasteiger partial charge on any atom is 0.433 e. The van der Waals surface area contributed by atoms with E-state index in [1.54, 1.807) is 0 Å². The van der Waals surface area contributed by atoms with Gasteiger partial charge in [0.15, 0.2) is 0 Å². The molecule has 0 saturated carbocycles. The monoisotopic (exact) mass is 211 g/mol. The van der Waals surface area contributed by atoms with E-state index >= 15 is 0 Å². The average molecular weight is 211 g/mol. The lowest BCUT2D eigenvalue weighted by atomic mass is 10.4. The second-order valence-electron chi connectivity index (χ2n) is 2.85. The smallest absolute Gasteiger partial charge is 0.433 e. The molecule has 0 fully saturated rings. The van der Waals surface area contributed by atoms with Gasteiger partial charge in [-0.05, 0) is 13.0 Å². The van der Waals surface area contributed by atoms with Crippen molar-refractivity contribution >= 4 is 11.9 Å². The zero-order valence-corrected chi connectivity index (χ0v) is 8.06. The third kappa shape index (κ3) is 2.94. The lowest BCUT2D eigenvalue weighted by Crippen LogP contribution is -2.04. The molecule has 15 heavy (non-hydrogen) atoms. The molecular formula is C9H9NO5. The van der Waals surface area contributed by atoms with E-state index in [9.17, 15) is 14.9 Å². The maximum absolute atomic E-state index is 11.0. The molecule has 0 bridgehead atoms. The number of hydrogen-bond donors (Lipinski definition) is 0. The Balaban J connectivity index is 2.55. The van der Waals surface area contributed by atoms with Crippen LogP contribution in [0, 0.1) is 10.1 Å². The fraction of sp³-hybridized carbons (Fsp3) is 0.222. The molecule has 1 rings (SSSR count). The van der Waals surface area contributed by atoms with Gasteiger partial charge in [-0.15, -0.1) is 0 Å². The summed E-state index contributed by atoms with van der Waals surface area (Å²) in [6, 6.07) is 2.58. The summed E-state index contributed by atoms with van der Waals surface area (Å²) in [7, 11) is 0. The van der Waals surface area contributed by atoms with Crippen molar-refractivity contribution in [3.05, 3.63) is 40.2 Å². The van der Waals surface area contributed by atoms with Crippen LogP contribution in [0.15, 0.2) is 28.7 Å². The average Bonchev–Trinajstić information content (AvgIpc) is 2.62. The minimum absolute atomic E-state index is 0.139. The topological polar surface area (TPSA) is 82.6 Å². The number of carbonyl (C=O) groups is 1. The van der Waals surface area contributed by atoms with Crippen LogP contribution in [0.3, 0.4) is 0 Å². The predicted octanol–water partition coefficient (Wildman–Crippen LogP) is 1.81. The summed E-state index contributed by atoms with van der Waals surface area (Å²) in [6.07, 6.45) is 0. The Hall–Kier alpha value is -2.11. The molecule has 80 valence electrons. The van der Waals surface area contributed by atoms with Gasteiger partial charge in [0.1, 0.15) is 17.3 Å². The van der Waals surface area contributed by atoms with Crippen LogP contribution in [0.1, 0.15) is 12.7 Å². The number of furan rings is 1. The van der Waals surface area contributed by atoms with Gasteiger partial charge in [-0.1, -0.05) is 6.58 Å². The van der Waals surface area contributed by atoms with Crippen molar-refractivity contribution in [3.63, 3.8) is 0 Å². The quantitative estimate of drug-likeness (QED) is 0.328. The van der Waals surface area contributed by atoms with E-state index in [-0.39, 0.29) is 23.8 Å². The van der Waals surface area contributed by atoms with Gasteiger partial charge in [0.05, 0.1) is 6.07 Å². The first kappa shape index (κ1) is 11.0. The third-order valence-electron chi connectivity index (χ3n) is 1.52. The molecule has 0 aromatic carbocycles. The van der Waals surface area contributed by atoms with Gasteiger partial charge in [0.2, 0.25) is 0 Å². The van der Waals surface area contributed by atoms with E-state index in [1.165, 1.54) is 19.1 Å². The molecule has 0 radical (unpaired) electrons. The minimum atomic E-state index is -0.663. The summed E-state index contributed by atoms with van der Waals surface area (Å²) in [4.78, 5) is 20.5. The molecule has 1 aromatic rings. The number of hydrogen-bond acceptors (Lipinski definition) is 5. The predicted molar refractivity (Wildman–Crippen MR) is 50.0 cm³/mol. The van der Waals surface area contributed by atoms with Gasteiger partial charge in [0, 0.05) is 5.57 Å². The highest BCUT2D eigenvalue weighted by Crippen LogP contribution is 2.16. The molecule has 0 aliphatic carbocycles. The number of nitro groups is 1. The van der Waals surface area contributed by atoms with Crippen LogP contribution in [-0.2, 0) is 16.1 Å². The molecule has 1 aromatic heterocycles. The highest BCUT2D eigenvalue weighted by molar-refractivity contribution is 5.86. The molecule has 6 heteroatoms. The van der Waals surface area contributed by atoms with Crippen molar-refractivity contribution in [2.45, 2.75) is 13.5 Å². The van der Waals surface area contributed by atoms with Crippen LogP contribution >= 0.6 is 0 Å². The van der Waals surface area contributed by atoms with Crippen LogP contribution in [0.25, 0.3) is 0 Å². The van der Waals surface area contributed by atoms with E-state index in [1.807, 2.05) is 0 Å². The van der Waals surface area contributed by atoms with E-state index in [4.69, 9.17) is 9.15 Å². The summed E-state index contributed by atoms with van der Waals surface area (Å²) in [5.41, 5.74) is 0.260. The Morgan fingerprint density at radius 2 is 2.33 bits per heavy atom. The summed E-state index contributed by atoms with van der Waals surface area (Å²) >= 11 is 0. The fourth-order valence-corrected chi connectivity index (χ4v) is 0.802. The molecule has 0 aliphatic heterocycles. The van der Waals surface area contributed by atoms with Gasteiger partial charge in [-0.2, -0.15) is 0 Å². The summed E-state index contributed by atoms with van der Waals surface area (Å²) in [5.74, 6) is -0.721. The number of esters is 1. The molecule has 6 nitrogen and oxygen atoms in total. The summed E-state index contributed by atoms with van der Waals surface area (Å²) in [6.45, 7) is 4.75. The molecule has 0 spiro atoms. The molecule has 1 heterocycles.